The summed E-state index contributed by atoms with van der Waals surface area (Å²) >= 11 is 0. The van der Waals surface area contributed by atoms with Crippen LogP contribution in [-0.4, -0.2) is 18.0 Å². The quantitative estimate of drug-likeness (QED) is 0.500. The Morgan fingerprint density at radius 2 is 1.16 bits per heavy atom. The molecule has 0 N–H and O–H groups in total. The van der Waals surface area contributed by atoms with Crippen LogP contribution in [0.2, 0.25) is 0 Å². The number of ether oxygens (including phenoxy) is 2. The van der Waals surface area contributed by atoms with Gasteiger partial charge >= 0.3 is 11.9 Å². The lowest BCUT2D eigenvalue weighted by Crippen LogP contribution is -2.18. The van der Waals surface area contributed by atoms with Crippen molar-refractivity contribution in [1.29, 1.82) is 0 Å². The Kier molecular flexibility index (Phi) is 9.36. The van der Waals surface area contributed by atoms with Crippen molar-refractivity contribution in [3.63, 3.8) is 0 Å². The van der Waals surface area contributed by atoms with Gasteiger partial charge in [0.2, 0.25) is 0 Å². The van der Waals surface area contributed by atoms with Gasteiger partial charge in [-0.05, 0) is 62.1 Å². The second-order valence-electron chi connectivity index (χ2n) is 8.10. The topological polar surface area (TPSA) is 52.6 Å². The fourth-order valence-electron chi connectivity index (χ4n) is 3.81. The average molecular weight is 421 g/mol. The van der Waals surface area contributed by atoms with E-state index in [4.69, 9.17) is 9.47 Å². The lowest BCUT2D eigenvalue weighted by Gasteiger charge is -2.18. The molecule has 3 rings (SSSR count). The van der Waals surface area contributed by atoms with Crippen LogP contribution < -0.4 is 0 Å². The van der Waals surface area contributed by atoms with Gasteiger partial charge in [0, 0.05) is 0 Å². The van der Waals surface area contributed by atoms with Crippen LogP contribution in [0.1, 0.15) is 84.9 Å². The van der Waals surface area contributed by atoms with E-state index in [2.05, 4.69) is 0 Å². The molecule has 0 atom stereocenters. The van der Waals surface area contributed by atoms with E-state index in [9.17, 15) is 9.59 Å². The number of rotatable bonds is 4. The van der Waals surface area contributed by atoms with Gasteiger partial charge in [-0.2, -0.15) is 0 Å². The van der Waals surface area contributed by atoms with E-state index in [-0.39, 0.29) is 12.1 Å². The molecule has 0 aromatic heterocycles. The molecular formula is C27H32O4. The zero-order valence-corrected chi connectivity index (χ0v) is 18.1. The maximum Gasteiger partial charge on any atom is 0.343 e. The Hall–Kier alpha value is -2.88. The van der Waals surface area contributed by atoms with Crippen molar-refractivity contribution in [2.45, 2.75) is 70.3 Å². The van der Waals surface area contributed by atoms with Gasteiger partial charge < -0.3 is 9.47 Å². The summed E-state index contributed by atoms with van der Waals surface area (Å²) < 4.78 is 11.2. The van der Waals surface area contributed by atoms with Gasteiger partial charge in [-0.15, -0.1) is 0 Å². The van der Waals surface area contributed by atoms with Crippen LogP contribution in [0.15, 0.2) is 72.6 Å². The molecule has 0 bridgehead atoms. The summed E-state index contributed by atoms with van der Waals surface area (Å²) in [6.07, 6.45) is 24.4. The van der Waals surface area contributed by atoms with E-state index in [1.807, 2.05) is 30.4 Å². The van der Waals surface area contributed by atoms with Gasteiger partial charge in [0.15, 0.2) is 0 Å². The van der Waals surface area contributed by atoms with Crippen LogP contribution >= 0.6 is 0 Å². The summed E-state index contributed by atoms with van der Waals surface area (Å²) in [5.74, 6) is -0.319. The second-order valence-corrected chi connectivity index (χ2v) is 8.10. The largest absolute Gasteiger partial charge is 0.459 e. The zero-order valence-electron chi connectivity index (χ0n) is 18.1. The minimum absolute atomic E-state index is 0.0182. The summed E-state index contributed by atoms with van der Waals surface area (Å²) in [5.41, 5.74) is 0.853. The molecule has 0 saturated heterocycles. The zero-order chi connectivity index (χ0) is 21.7. The summed E-state index contributed by atoms with van der Waals surface area (Å²) in [5, 5.41) is 0. The molecule has 0 heterocycles. The predicted molar refractivity (Wildman–Crippen MR) is 123 cm³/mol. The molecule has 4 nitrogen and oxygen atoms in total. The standard InChI is InChI=1S/C27H32O4/c28-26(30-24-14-10-6-3-1-2-4-7-11-15-24)22-18-20-23(21-19-22)27(29)31-25-16-12-8-5-9-13-17-25/h5,8-9,12-13,16-21,24H,1-4,6-7,10-11,14-15H2/b8-5-,9-5?,12-8?,13-9-,16-12?,17-13?,25-16?,25-17?. The summed E-state index contributed by atoms with van der Waals surface area (Å²) in [4.78, 5) is 25.0. The van der Waals surface area contributed by atoms with E-state index in [0.717, 1.165) is 25.7 Å². The van der Waals surface area contributed by atoms with Crippen molar-refractivity contribution in [3.8, 4) is 0 Å². The van der Waals surface area contributed by atoms with Crippen LogP contribution in [0.5, 0.6) is 0 Å². The molecule has 0 amide bonds. The van der Waals surface area contributed by atoms with Crippen LogP contribution in [0.3, 0.4) is 0 Å². The molecule has 164 valence electrons. The third-order valence-electron chi connectivity index (χ3n) is 5.61. The van der Waals surface area contributed by atoms with Gasteiger partial charge in [-0.1, -0.05) is 68.9 Å². The van der Waals surface area contributed by atoms with Crippen molar-refractivity contribution in [1.82, 2.24) is 0 Å². The molecule has 1 saturated carbocycles. The average Bonchev–Trinajstić information content (AvgIpc) is 2.82. The second kappa shape index (κ2) is 12.7. The van der Waals surface area contributed by atoms with Crippen LogP contribution in [0.4, 0.5) is 0 Å². The van der Waals surface area contributed by atoms with Crippen LogP contribution in [-0.2, 0) is 9.47 Å². The number of esters is 2. The molecule has 31 heavy (non-hydrogen) atoms. The third kappa shape index (κ3) is 8.05. The molecule has 2 aliphatic rings. The fraction of sp³-hybridized carbons (Fsp3) is 0.407. The Morgan fingerprint density at radius 1 is 0.645 bits per heavy atom. The van der Waals surface area contributed by atoms with Gasteiger partial charge in [0.1, 0.15) is 11.9 Å². The highest BCUT2D eigenvalue weighted by Crippen LogP contribution is 2.20. The SMILES string of the molecule is O=C(OC1=C/C=C\C=C/C=C1)c1ccc(C(=O)OC2CCCCCCCCCC2)cc1. The molecule has 1 fully saturated rings. The lowest BCUT2D eigenvalue weighted by atomic mass is 10.0. The Bertz CT molecular complexity index is 830. The highest BCUT2D eigenvalue weighted by molar-refractivity contribution is 5.93. The van der Waals surface area contributed by atoms with Crippen molar-refractivity contribution in [3.05, 3.63) is 83.7 Å². The van der Waals surface area contributed by atoms with Crippen molar-refractivity contribution >= 4 is 11.9 Å². The first-order valence-electron chi connectivity index (χ1n) is 11.5. The van der Waals surface area contributed by atoms with Crippen molar-refractivity contribution < 1.29 is 19.1 Å². The highest BCUT2D eigenvalue weighted by Gasteiger charge is 2.17. The smallest absolute Gasteiger partial charge is 0.343 e. The maximum absolute atomic E-state index is 12.6. The monoisotopic (exact) mass is 420 g/mol. The normalized spacial score (nSPS) is 20.3. The Balaban J connectivity index is 1.55. The van der Waals surface area contributed by atoms with Crippen LogP contribution in [0, 0.1) is 0 Å². The molecular weight excluding hydrogens is 388 g/mol. The number of hydrogen-bond acceptors (Lipinski definition) is 4. The number of benzene rings is 1. The molecule has 1 aromatic rings. The molecule has 2 aliphatic carbocycles. The van der Waals surface area contributed by atoms with Gasteiger partial charge in [0.25, 0.3) is 0 Å². The minimum Gasteiger partial charge on any atom is -0.459 e. The summed E-state index contributed by atoms with van der Waals surface area (Å²) in [7, 11) is 0. The summed E-state index contributed by atoms with van der Waals surface area (Å²) in [6.45, 7) is 0. The van der Waals surface area contributed by atoms with E-state index < -0.39 is 5.97 Å². The van der Waals surface area contributed by atoms with Crippen molar-refractivity contribution in [2.24, 2.45) is 0 Å². The molecule has 0 unspecified atom stereocenters. The lowest BCUT2D eigenvalue weighted by molar-refractivity contribution is 0.0249. The van der Waals surface area contributed by atoms with Gasteiger partial charge in [-0.25, -0.2) is 9.59 Å². The molecule has 0 radical (unpaired) electrons. The molecule has 0 aliphatic heterocycles. The number of hydrogen-bond donors (Lipinski definition) is 0. The first kappa shape index (κ1) is 22.8. The minimum atomic E-state index is -0.461. The van der Waals surface area contributed by atoms with E-state index in [1.165, 1.54) is 38.5 Å². The molecule has 0 spiro atoms. The van der Waals surface area contributed by atoms with E-state index in [0.29, 0.717) is 16.9 Å². The maximum atomic E-state index is 12.6. The van der Waals surface area contributed by atoms with Crippen LogP contribution in [0.25, 0.3) is 0 Å². The van der Waals surface area contributed by atoms with E-state index >= 15 is 0 Å². The first-order valence-corrected chi connectivity index (χ1v) is 11.5. The van der Waals surface area contributed by atoms with E-state index in [1.54, 1.807) is 36.4 Å². The molecule has 1 aromatic carbocycles. The van der Waals surface area contributed by atoms with Gasteiger partial charge in [-0.3, -0.25) is 0 Å². The predicted octanol–water partition coefficient (Wildman–Crippen LogP) is 6.85. The highest BCUT2D eigenvalue weighted by atomic mass is 16.5. The van der Waals surface area contributed by atoms with Crippen molar-refractivity contribution in [2.75, 3.05) is 0 Å². The van der Waals surface area contributed by atoms with Gasteiger partial charge in [0.05, 0.1) is 11.1 Å². The fourth-order valence-corrected chi connectivity index (χ4v) is 3.81. The Labute approximate surface area is 185 Å². The third-order valence-corrected chi connectivity index (χ3v) is 5.61. The Morgan fingerprint density at radius 3 is 1.81 bits per heavy atom. The summed E-state index contributed by atoms with van der Waals surface area (Å²) in [6, 6.07) is 6.49. The number of carbonyl (C=O) groups is 2. The first-order chi connectivity index (χ1) is 15.2. The number of allylic oxidation sites excluding steroid dienone is 7. The number of carbonyl (C=O) groups excluding carboxylic acids is 2. The molecule has 4 heteroatoms.